The van der Waals surface area contributed by atoms with Crippen molar-refractivity contribution in [3.63, 3.8) is 0 Å². The van der Waals surface area contributed by atoms with Crippen LogP contribution in [0, 0.1) is 0 Å². The first-order valence-electron chi connectivity index (χ1n) is 11.6. The zero-order valence-corrected chi connectivity index (χ0v) is 21.0. The Morgan fingerprint density at radius 3 is 2.22 bits per heavy atom. The summed E-state index contributed by atoms with van der Waals surface area (Å²) in [5, 5.41) is 9.09. The summed E-state index contributed by atoms with van der Waals surface area (Å²) in [6.07, 6.45) is 3.91. The van der Waals surface area contributed by atoms with Gasteiger partial charge in [-0.15, -0.1) is 0 Å². The Bertz CT molecular complexity index is 1560. The van der Waals surface area contributed by atoms with E-state index in [-0.39, 0.29) is 33.3 Å². The summed E-state index contributed by atoms with van der Waals surface area (Å²) in [6, 6.07) is 16.3. The molecule has 194 valence electrons. The third kappa shape index (κ3) is 5.69. The minimum absolute atomic E-state index is 0.0520. The van der Waals surface area contributed by atoms with E-state index in [0.29, 0.717) is 37.0 Å². The molecular weight excluding hydrogens is 525 g/mol. The number of hydrogen-bond acceptors (Lipinski definition) is 6. The van der Waals surface area contributed by atoms with E-state index >= 15 is 0 Å². The third-order valence-electron chi connectivity index (χ3n) is 6.50. The average Bonchev–Trinajstić information content (AvgIpc) is 3.25. The molecule has 37 heavy (non-hydrogen) atoms. The van der Waals surface area contributed by atoms with Gasteiger partial charge < -0.3 is 5.32 Å². The average molecular weight is 549 g/mol. The molecule has 0 radical (unpaired) electrons. The molecule has 0 spiro atoms. The van der Waals surface area contributed by atoms with Crippen LogP contribution in [0.5, 0.6) is 0 Å². The minimum atomic E-state index is -4.32. The normalized spacial score (nSPS) is 18.7. The van der Waals surface area contributed by atoms with E-state index in [2.05, 4.69) is 15.5 Å². The summed E-state index contributed by atoms with van der Waals surface area (Å²) >= 11 is -0.155. The molecule has 1 aliphatic carbocycles. The topological polar surface area (TPSA) is 96.3 Å². The van der Waals surface area contributed by atoms with E-state index in [0.717, 1.165) is 11.1 Å². The number of nitrogens with zero attached hydrogens (tertiary/aromatic N) is 2. The zero-order valence-electron chi connectivity index (χ0n) is 19.4. The Hall–Kier alpha value is -3.25. The fraction of sp³-hybridized carbons (Fsp3) is 0.280. The van der Waals surface area contributed by atoms with Crippen LogP contribution in [0.15, 0.2) is 81.4 Å². The van der Waals surface area contributed by atoms with Gasteiger partial charge in [-0.3, -0.25) is 0 Å². The molecule has 1 fully saturated rings. The minimum Gasteiger partial charge on any atom is -0.382 e. The summed E-state index contributed by atoms with van der Waals surface area (Å²) in [4.78, 5) is 12.2. The van der Waals surface area contributed by atoms with Crippen LogP contribution in [0.25, 0.3) is 16.8 Å². The Kier molecular flexibility index (Phi) is 6.80. The first kappa shape index (κ1) is 25.4. The number of alkyl halides is 3. The van der Waals surface area contributed by atoms with Crippen molar-refractivity contribution in [3.05, 3.63) is 77.3 Å². The first-order valence-corrected chi connectivity index (χ1v) is 14.0. The van der Waals surface area contributed by atoms with E-state index in [1.54, 1.807) is 48.7 Å². The molecule has 2 N–H and O–H groups in total. The fourth-order valence-electron chi connectivity index (χ4n) is 4.61. The van der Waals surface area contributed by atoms with Crippen molar-refractivity contribution in [1.82, 2.24) is 14.6 Å². The highest BCUT2D eigenvalue weighted by Crippen LogP contribution is 2.37. The predicted octanol–water partition coefficient (Wildman–Crippen LogP) is 5.50. The van der Waals surface area contributed by atoms with Gasteiger partial charge in [0.05, 0.1) is 10.1 Å². The number of fused-ring (bicyclic) bond motifs is 1. The quantitative estimate of drug-likeness (QED) is 0.309. The summed E-state index contributed by atoms with van der Waals surface area (Å²) < 4.78 is 65.4. The fourth-order valence-corrected chi connectivity index (χ4v) is 6.94. The number of H-pyrrole nitrogens is 1. The van der Waals surface area contributed by atoms with Gasteiger partial charge in [0.2, 0.25) is 0 Å². The van der Waals surface area contributed by atoms with Crippen LogP contribution in [-0.2, 0) is 9.84 Å². The standard InChI is InChI=1S/C25H23F3N4O3S2/c26-25(27,28)36-20-8-4-18(5-9-20)29-19-6-12-22(13-7-19)37(34,35)21-10-1-16(2-11-21)17-3-14-23-30-31-24(33)32(23)15-17/h1-5,8-11,14-15,19,22,29H,6-7,12-13H2,(H,31,33)/t19-,22-. The lowest BCUT2D eigenvalue weighted by molar-refractivity contribution is -0.0328. The number of pyridine rings is 1. The maximum atomic E-state index is 13.3. The summed E-state index contributed by atoms with van der Waals surface area (Å²) in [5.74, 6) is 0. The van der Waals surface area contributed by atoms with Gasteiger partial charge in [-0.1, -0.05) is 12.1 Å². The van der Waals surface area contributed by atoms with E-state index in [1.165, 1.54) is 16.5 Å². The lowest BCUT2D eigenvalue weighted by atomic mass is 9.95. The number of halogens is 3. The lowest BCUT2D eigenvalue weighted by Gasteiger charge is -2.29. The van der Waals surface area contributed by atoms with Crippen molar-refractivity contribution in [3.8, 4) is 11.1 Å². The molecule has 5 rings (SSSR count). The van der Waals surface area contributed by atoms with Crippen LogP contribution in [0.4, 0.5) is 18.9 Å². The van der Waals surface area contributed by atoms with Crippen LogP contribution in [0.1, 0.15) is 25.7 Å². The van der Waals surface area contributed by atoms with Crippen molar-refractivity contribution >= 4 is 32.9 Å². The van der Waals surface area contributed by atoms with Crippen molar-refractivity contribution in [2.45, 2.75) is 52.3 Å². The molecule has 1 saturated carbocycles. The SMILES string of the molecule is O=c1[nH]nc2ccc(-c3ccc(S(=O)(=O)[C@H]4CC[C@H](Nc5ccc(SC(F)(F)F)cc5)CC4)cc3)cn12. The monoisotopic (exact) mass is 548 g/mol. The van der Waals surface area contributed by atoms with Crippen LogP contribution in [-0.4, -0.2) is 39.8 Å². The van der Waals surface area contributed by atoms with Crippen LogP contribution >= 0.6 is 11.8 Å². The predicted molar refractivity (Wildman–Crippen MR) is 136 cm³/mol. The first-order chi connectivity index (χ1) is 17.6. The number of rotatable bonds is 6. The van der Waals surface area contributed by atoms with E-state index in [9.17, 15) is 26.4 Å². The number of aromatic nitrogens is 3. The van der Waals surface area contributed by atoms with Gasteiger partial charge in [0.15, 0.2) is 15.5 Å². The highest BCUT2D eigenvalue weighted by atomic mass is 32.2. The summed E-state index contributed by atoms with van der Waals surface area (Å²) in [7, 11) is -3.52. The number of hydrogen-bond donors (Lipinski definition) is 2. The Morgan fingerprint density at radius 1 is 0.919 bits per heavy atom. The molecule has 7 nitrogen and oxygen atoms in total. The van der Waals surface area contributed by atoms with E-state index < -0.39 is 20.6 Å². The van der Waals surface area contributed by atoms with Gasteiger partial charge >= 0.3 is 11.2 Å². The molecule has 0 bridgehead atoms. The van der Waals surface area contributed by atoms with Crippen molar-refractivity contribution in [1.29, 1.82) is 0 Å². The molecule has 12 heteroatoms. The number of nitrogens with one attached hydrogen (secondary N) is 2. The van der Waals surface area contributed by atoms with Crippen molar-refractivity contribution < 1.29 is 21.6 Å². The molecule has 2 aromatic heterocycles. The lowest BCUT2D eigenvalue weighted by Crippen LogP contribution is -2.32. The zero-order chi connectivity index (χ0) is 26.2. The molecule has 0 amide bonds. The molecular formula is C25H23F3N4O3S2. The van der Waals surface area contributed by atoms with Gasteiger partial charge in [0, 0.05) is 22.8 Å². The number of thioether (sulfide) groups is 1. The third-order valence-corrected chi connectivity index (χ3v) is 9.52. The maximum absolute atomic E-state index is 13.3. The molecule has 0 saturated heterocycles. The van der Waals surface area contributed by atoms with Gasteiger partial charge in [-0.25, -0.2) is 22.7 Å². The van der Waals surface area contributed by atoms with Gasteiger partial charge in [-0.2, -0.15) is 18.3 Å². The number of anilines is 1. The van der Waals surface area contributed by atoms with E-state index in [4.69, 9.17) is 0 Å². The molecule has 4 aromatic rings. The maximum Gasteiger partial charge on any atom is 0.446 e. The van der Waals surface area contributed by atoms with Crippen LogP contribution in [0.2, 0.25) is 0 Å². The largest absolute Gasteiger partial charge is 0.446 e. The summed E-state index contributed by atoms with van der Waals surface area (Å²) in [6.45, 7) is 0. The Labute approximate surface area is 215 Å². The van der Waals surface area contributed by atoms with Gasteiger partial charge in [0.1, 0.15) is 0 Å². The summed E-state index contributed by atoms with van der Waals surface area (Å²) in [5.41, 5.74) is -1.93. The molecule has 2 aromatic carbocycles. The second kappa shape index (κ2) is 9.90. The van der Waals surface area contributed by atoms with Crippen molar-refractivity contribution in [2.24, 2.45) is 0 Å². The van der Waals surface area contributed by atoms with Gasteiger partial charge in [0.25, 0.3) is 0 Å². The Morgan fingerprint density at radius 2 is 1.57 bits per heavy atom. The molecule has 0 unspecified atom stereocenters. The molecule has 0 aliphatic heterocycles. The van der Waals surface area contributed by atoms with E-state index in [1.807, 2.05) is 6.07 Å². The molecule has 2 heterocycles. The highest BCUT2D eigenvalue weighted by molar-refractivity contribution is 8.00. The molecule has 1 aliphatic rings. The number of sulfone groups is 1. The second-order valence-electron chi connectivity index (χ2n) is 8.93. The smallest absolute Gasteiger partial charge is 0.382 e. The van der Waals surface area contributed by atoms with Gasteiger partial charge in [-0.05, 0) is 97.1 Å². The molecule has 0 atom stereocenters. The number of benzene rings is 2. The van der Waals surface area contributed by atoms with Crippen molar-refractivity contribution in [2.75, 3.05) is 5.32 Å². The Balaban J connectivity index is 1.21. The van der Waals surface area contributed by atoms with Crippen LogP contribution < -0.4 is 11.0 Å². The van der Waals surface area contributed by atoms with Crippen LogP contribution in [0.3, 0.4) is 0 Å². The number of aromatic amines is 1. The highest BCUT2D eigenvalue weighted by Gasteiger charge is 2.32. The second-order valence-corrected chi connectivity index (χ2v) is 12.3.